The van der Waals surface area contributed by atoms with Crippen molar-refractivity contribution in [2.75, 3.05) is 10.8 Å². The van der Waals surface area contributed by atoms with E-state index in [1.54, 1.807) is 36.4 Å². The molecule has 1 N–H and O–H groups in total. The molecule has 0 aliphatic carbocycles. The van der Waals surface area contributed by atoms with Crippen LogP contribution in [0.5, 0.6) is 0 Å². The number of amides is 2. The quantitative estimate of drug-likeness (QED) is 0.156. The maximum Gasteiger partial charge on any atom is 0.264 e. The van der Waals surface area contributed by atoms with Crippen LogP contribution in [-0.4, -0.2) is 43.8 Å². The molecule has 2 atom stereocenters. The van der Waals surface area contributed by atoms with E-state index in [0.717, 1.165) is 21.0 Å². The Bertz CT molecular complexity index is 1820. The van der Waals surface area contributed by atoms with Gasteiger partial charge in [-0.15, -0.1) is 0 Å². The maximum atomic E-state index is 14.7. The highest BCUT2D eigenvalue weighted by atomic mass is 35.5. The summed E-state index contributed by atoms with van der Waals surface area (Å²) in [6.07, 6.45) is 0.893. The van der Waals surface area contributed by atoms with Gasteiger partial charge in [0.05, 0.1) is 10.6 Å². The minimum absolute atomic E-state index is 0.0500. The number of hydrogen-bond donors (Lipinski definition) is 1. The van der Waals surface area contributed by atoms with Crippen molar-refractivity contribution in [1.29, 1.82) is 0 Å². The third-order valence-electron chi connectivity index (χ3n) is 8.14. The summed E-state index contributed by atoms with van der Waals surface area (Å²) in [4.78, 5) is 30.2. The van der Waals surface area contributed by atoms with Crippen LogP contribution in [0.2, 0.25) is 10.0 Å². The summed E-state index contributed by atoms with van der Waals surface area (Å²) < 4.78 is 29.8. The molecule has 0 aliphatic rings. The average Bonchev–Trinajstić information content (AvgIpc) is 3.03. The summed E-state index contributed by atoms with van der Waals surface area (Å²) >= 11 is 12.8. The van der Waals surface area contributed by atoms with Gasteiger partial charge in [-0.05, 0) is 81.1 Å². The standard InChI is InChI=1S/C37H41Cl2N3O4S/c1-6-28(5)40-37(44)35(21-29-10-8-7-9-11-29)41(23-30-15-16-31(38)22-33(30)39)36(43)24-42(34-19-14-26(3)20-27(34)4)47(45,46)32-17-12-25(2)13-18-32/h7-20,22,28,35H,6,21,23-24H2,1-5H3,(H,40,44)/t28-,35+/m1/s1. The van der Waals surface area contributed by atoms with E-state index in [1.165, 1.54) is 17.0 Å². The van der Waals surface area contributed by atoms with Gasteiger partial charge in [0.1, 0.15) is 12.6 Å². The Labute approximate surface area is 288 Å². The van der Waals surface area contributed by atoms with E-state index in [2.05, 4.69) is 5.32 Å². The van der Waals surface area contributed by atoms with Gasteiger partial charge in [0.25, 0.3) is 10.0 Å². The molecule has 0 aromatic heterocycles. The molecule has 0 unspecified atom stereocenters. The van der Waals surface area contributed by atoms with Crippen LogP contribution in [-0.2, 0) is 32.6 Å². The first-order valence-corrected chi connectivity index (χ1v) is 17.7. The number of nitrogens with one attached hydrogen (secondary N) is 1. The van der Waals surface area contributed by atoms with Crippen LogP contribution in [0.4, 0.5) is 5.69 Å². The van der Waals surface area contributed by atoms with Gasteiger partial charge >= 0.3 is 0 Å². The molecule has 0 saturated heterocycles. The van der Waals surface area contributed by atoms with Crippen molar-refractivity contribution in [1.82, 2.24) is 10.2 Å². The molecule has 0 heterocycles. The third-order valence-corrected chi connectivity index (χ3v) is 10.5. The molecule has 0 saturated carbocycles. The van der Waals surface area contributed by atoms with Gasteiger partial charge in [-0.1, -0.05) is 102 Å². The lowest BCUT2D eigenvalue weighted by molar-refractivity contribution is -0.140. The number of anilines is 1. The number of halogens is 2. The zero-order chi connectivity index (χ0) is 34.3. The number of aryl methyl sites for hydroxylation is 3. The van der Waals surface area contributed by atoms with Crippen molar-refractivity contribution >= 4 is 50.7 Å². The van der Waals surface area contributed by atoms with Crippen LogP contribution in [0.25, 0.3) is 0 Å². The fourth-order valence-electron chi connectivity index (χ4n) is 5.26. The van der Waals surface area contributed by atoms with E-state index in [1.807, 2.05) is 77.1 Å². The normalized spacial score (nSPS) is 12.7. The zero-order valence-electron chi connectivity index (χ0n) is 27.3. The summed E-state index contributed by atoms with van der Waals surface area (Å²) in [5.41, 5.74) is 4.33. The Morgan fingerprint density at radius 1 is 0.851 bits per heavy atom. The summed E-state index contributed by atoms with van der Waals surface area (Å²) in [5, 5.41) is 3.79. The molecule has 248 valence electrons. The molecule has 0 spiro atoms. The molecule has 10 heteroatoms. The topological polar surface area (TPSA) is 86.8 Å². The van der Waals surface area contributed by atoms with E-state index < -0.39 is 28.5 Å². The SMILES string of the molecule is CC[C@@H](C)NC(=O)[C@H](Cc1ccccc1)N(Cc1ccc(Cl)cc1Cl)C(=O)CN(c1ccc(C)cc1C)S(=O)(=O)c1ccc(C)cc1. The molecule has 4 rings (SSSR count). The first-order chi connectivity index (χ1) is 22.3. The number of rotatable bonds is 13. The highest BCUT2D eigenvalue weighted by molar-refractivity contribution is 7.92. The molecule has 4 aromatic rings. The molecule has 0 aliphatic heterocycles. The minimum atomic E-state index is -4.21. The molecule has 2 amide bonds. The van der Waals surface area contributed by atoms with Gasteiger partial charge in [0.2, 0.25) is 11.8 Å². The second-order valence-corrected chi connectivity index (χ2v) is 14.6. The average molecular weight is 695 g/mol. The van der Waals surface area contributed by atoms with E-state index in [-0.39, 0.29) is 29.8 Å². The lowest BCUT2D eigenvalue weighted by Gasteiger charge is -2.35. The van der Waals surface area contributed by atoms with E-state index in [4.69, 9.17) is 23.2 Å². The molecular formula is C37H41Cl2N3O4S. The summed E-state index contributed by atoms with van der Waals surface area (Å²) in [5.74, 6) is -0.909. The Hall–Kier alpha value is -3.85. The van der Waals surface area contributed by atoms with Crippen LogP contribution in [0.1, 0.15) is 48.1 Å². The molecule has 7 nitrogen and oxygen atoms in total. The van der Waals surface area contributed by atoms with Crippen molar-refractivity contribution in [3.63, 3.8) is 0 Å². The van der Waals surface area contributed by atoms with Crippen molar-refractivity contribution in [2.24, 2.45) is 0 Å². The second-order valence-electron chi connectivity index (χ2n) is 11.9. The smallest absolute Gasteiger partial charge is 0.264 e. The number of hydrogen-bond acceptors (Lipinski definition) is 4. The summed E-state index contributed by atoms with van der Waals surface area (Å²) in [6, 6.07) is 25.2. The van der Waals surface area contributed by atoms with Crippen LogP contribution < -0.4 is 9.62 Å². The number of benzene rings is 4. The van der Waals surface area contributed by atoms with Crippen LogP contribution in [0.15, 0.2) is 95.9 Å². The first-order valence-electron chi connectivity index (χ1n) is 15.5. The molecule has 0 fully saturated rings. The molecular weight excluding hydrogens is 653 g/mol. The van der Waals surface area contributed by atoms with Crippen LogP contribution in [0.3, 0.4) is 0 Å². The van der Waals surface area contributed by atoms with Gasteiger partial charge in [-0.3, -0.25) is 13.9 Å². The Balaban J connectivity index is 1.85. The highest BCUT2D eigenvalue weighted by Gasteiger charge is 2.35. The lowest BCUT2D eigenvalue weighted by Crippen LogP contribution is -2.54. The van der Waals surface area contributed by atoms with Crippen molar-refractivity contribution in [3.05, 3.63) is 129 Å². The van der Waals surface area contributed by atoms with Crippen LogP contribution >= 0.6 is 23.2 Å². The summed E-state index contributed by atoms with van der Waals surface area (Å²) in [7, 11) is -4.21. The highest BCUT2D eigenvalue weighted by Crippen LogP contribution is 2.30. The van der Waals surface area contributed by atoms with Crippen LogP contribution in [0, 0.1) is 20.8 Å². The van der Waals surface area contributed by atoms with E-state index in [0.29, 0.717) is 33.3 Å². The molecule has 0 radical (unpaired) electrons. The fraction of sp³-hybridized carbons (Fsp3) is 0.297. The lowest BCUT2D eigenvalue weighted by atomic mass is 10.0. The van der Waals surface area contributed by atoms with Crippen molar-refractivity contribution < 1.29 is 18.0 Å². The predicted molar refractivity (Wildman–Crippen MR) is 190 cm³/mol. The predicted octanol–water partition coefficient (Wildman–Crippen LogP) is 7.67. The molecule has 47 heavy (non-hydrogen) atoms. The monoisotopic (exact) mass is 693 g/mol. The van der Waals surface area contributed by atoms with E-state index in [9.17, 15) is 18.0 Å². The Morgan fingerprint density at radius 2 is 1.51 bits per heavy atom. The number of sulfonamides is 1. The number of nitrogens with zero attached hydrogens (tertiary/aromatic N) is 2. The minimum Gasteiger partial charge on any atom is -0.352 e. The van der Waals surface area contributed by atoms with Gasteiger partial charge in [0.15, 0.2) is 0 Å². The van der Waals surface area contributed by atoms with Crippen molar-refractivity contribution in [3.8, 4) is 0 Å². The summed E-state index contributed by atoms with van der Waals surface area (Å²) in [6.45, 7) is 8.87. The first kappa shape index (κ1) is 36.0. The van der Waals surface area contributed by atoms with Crippen molar-refractivity contribution in [2.45, 2.75) is 71.0 Å². The zero-order valence-corrected chi connectivity index (χ0v) is 29.7. The van der Waals surface area contributed by atoms with Gasteiger partial charge < -0.3 is 10.2 Å². The Kier molecular flexibility index (Phi) is 12.1. The Morgan fingerprint density at radius 3 is 2.13 bits per heavy atom. The van der Waals surface area contributed by atoms with Gasteiger partial charge in [-0.25, -0.2) is 8.42 Å². The largest absolute Gasteiger partial charge is 0.352 e. The number of carbonyl (C=O) groups excluding carboxylic acids is 2. The molecule has 0 bridgehead atoms. The second kappa shape index (κ2) is 15.8. The maximum absolute atomic E-state index is 14.7. The third kappa shape index (κ3) is 9.15. The molecule has 4 aromatic carbocycles. The fourth-order valence-corrected chi connectivity index (χ4v) is 7.21. The van der Waals surface area contributed by atoms with Gasteiger partial charge in [-0.2, -0.15) is 0 Å². The van der Waals surface area contributed by atoms with Gasteiger partial charge in [0, 0.05) is 29.1 Å². The van der Waals surface area contributed by atoms with E-state index >= 15 is 0 Å². The number of carbonyl (C=O) groups is 2.